The van der Waals surface area contributed by atoms with Crippen molar-refractivity contribution in [3.8, 4) is 0 Å². The van der Waals surface area contributed by atoms with Crippen molar-refractivity contribution in [2.24, 2.45) is 5.92 Å². The van der Waals surface area contributed by atoms with Gasteiger partial charge in [-0.2, -0.15) is 0 Å². The lowest BCUT2D eigenvalue weighted by Gasteiger charge is -2.13. The molecule has 19 heavy (non-hydrogen) atoms. The molecule has 102 valence electrons. The first-order chi connectivity index (χ1) is 8.97. The molecule has 0 aliphatic heterocycles. The SMILES string of the molecule is O=C(NC1CCC(C(=O)O)C1)c1cc(I)ccc1Br. The van der Waals surface area contributed by atoms with Crippen LogP contribution in [0.1, 0.15) is 29.6 Å². The van der Waals surface area contributed by atoms with Gasteiger partial charge in [0.05, 0.1) is 11.5 Å². The number of hydrogen-bond donors (Lipinski definition) is 2. The molecule has 1 aliphatic rings. The maximum atomic E-state index is 12.2. The molecule has 1 amide bonds. The van der Waals surface area contributed by atoms with Gasteiger partial charge in [0.15, 0.2) is 0 Å². The van der Waals surface area contributed by atoms with Crippen LogP contribution in [0, 0.1) is 9.49 Å². The molecule has 2 N–H and O–H groups in total. The number of carboxylic acids is 1. The highest BCUT2D eigenvalue weighted by molar-refractivity contribution is 14.1. The number of amides is 1. The van der Waals surface area contributed by atoms with Crippen LogP contribution in [-0.2, 0) is 4.79 Å². The van der Waals surface area contributed by atoms with Crippen LogP contribution >= 0.6 is 38.5 Å². The van der Waals surface area contributed by atoms with Crippen LogP contribution < -0.4 is 5.32 Å². The van der Waals surface area contributed by atoms with Gasteiger partial charge in [-0.15, -0.1) is 0 Å². The van der Waals surface area contributed by atoms with E-state index in [-0.39, 0.29) is 17.9 Å². The fourth-order valence-corrected chi connectivity index (χ4v) is 3.19. The van der Waals surface area contributed by atoms with E-state index in [1.54, 1.807) is 0 Å². The second-order valence-corrected chi connectivity index (χ2v) is 6.74. The first-order valence-corrected chi connectivity index (χ1v) is 7.83. The van der Waals surface area contributed by atoms with Gasteiger partial charge in [-0.3, -0.25) is 9.59 Å². The van der Waals surface area contributed by atoms with Gasteiger partial charge < -0.3 is 10.4 Å². The molecule has 1 saturated carbocycles. The van der Waals surface area contributed by atoms with Crippen LogP contribution in [0.2, 0.25) is 0 Å². The number of hydrogen-bond acceptors (Lipinski definition) is 2. The second kappa shape index (κ2) is 6.21. The predicted molar refractivity (Wildman–Crippen MR) is 83.1 cm³/mol. The van der Waals surface area contributed by atoms with E-state index in [4.69, 9.17) is 5.11 Å². The Kier molecular flexibility index (Phi) is 4.83. The number of halogens is 2. The highest BCUT2D eigenvalue weighted by Crippen LogP contribution is 2.26. The van der Waals surface area contributed by atoms with Crippen LogP contribution in [0.4, 0.5) is 0 Å². The highest BCUT2D eigenvalue weighted by Gasteiger charge is 2.30. The molecule has 2 unspecified atom stereocenters. The first-order valence-electron chi connectivity index (χ1n) is 5.96. The summed E-state index contributed by atoms with van der Waals surface area (Å²) >= 11 is 5.51. The summed E-state index contributed by atoms with van der Waals surface area (Å²) in [5.74, 6) is -1.25. The topological polar surface area (TPSA) is 66.4 Å². The monoisotopic (exact) mass is 437 g/mol. The maximum Gasteiger partial charge on any atom is 0.306 e. The smallest absolute Gasteiger partial charge is 0.306 e. The quantitative estimate of drug-likeness (QED) is 0.714. The van der Waals surface area contributed by atoms with Crippen molar-refractivity contribution >= 4 is 50.4 Å². The average molecular weight is 438 g/mol. The molecule has 6 heteroatoms. The molecule has 1 aromatic rings. The summed E-state index contributed by atoms with van der Waals surface area (Å²) < 4.78 is 1.74. The van der Waals surface area contributed by atoms with Gasteiger partial charge in [0.1, 0.15) is 0 Å². The fraction of sp³-hybridized carbons (Fsp3) is 0.385. The molecule has 0 heterocycles. The Balaban J connectivity index is 2.02. The molecule has 1 aromatic carbocycles. The van der Waals surface area contributed by atoms with Gasteiger partial charge >= 0.3 is 5.97 Å². The second-order valence-electron chi connectivity index (χ2n) is 4.64. The molecule has 2 rings (SSSR count). The minimum Gasteiger partial charge on any atom is -0.481 e. The number of carbonyl (C=O) groups excluding carboxylic acids is 1. The van der Waals surface area contributed by atoms with E-state index in [2.05, 4.69) is 43.8 Å². The number of benzene rings is 1. The molecule has 1 aliphatic carbocycles. The summed E-state index contributed by atoms with van der Waals surface area (Å²) in [7, 11) is 0. The van der Waals surface area contributed by atoms with Crippen molar-refractivity contribution in [3.63, 3.8) is 0 Å². The first kappa shape index (κ1) is 14.8. The van der Waals surface area contributed by atoms with Gasteiger partial charge in [-0.1, -0.05) is 0 Å². The van der Waals surface area contributed by atoms with Crippen molar-refractivity contribution < 1.29 is 14.7 Å². The van der Waals surface area contributed by atoms with Gasteiger partial charge in [0.25, 0.3) is 5.91 Å². The lowest BCUT2D eigenvalue weighted by molar-refractivity contribution is -0.141. The van der Waals surface area contributed by atoms with E-state index in [1.165, 1.54) is 0 Å². The average Bonchev–Trinajstić information content (AvgIpc) is 2.80. The van der Waals surface area contributed by atoms with Gasteiger partial charge in [-0.25, -0.2) is 0 Å². The van der Waals surface area contributed by atoms with E-state index in [9.17, 15) is 9.59 Å². The summed E-state index contributed by atoms with van der Waals surface area (Å²) in [6, 6.07) is 5.52. The van der Waals surface area contributed by atoms with Crippen LogP contribution in [0.3, 0.4) is 0 Å². The third kappa shape index (κ3) is 3.68. The molecular formula is C13H13BrINO3. The van der Waals surface area contributed by atoms with Crippen LogP contribution in [-0.4, -0.2) is 23.0 Å². The molecule has 0 bridgehead atoms. The summed E-state index contributed by atoms with van der Waals surface area (Å²) in [5.41, 5.74) is 0.589. The van der Waals surface area contributed by atoms with Crippen LogP contribution in [0.5, 0.6) is 0 Å². The van der Waals surface area contributed by atoms with E-state index in [0.717, 1.165) is 14.5 Å². The summed E-state index contributed by atoms with van der Waals surface area (Å²) in [6.07, 6.45) is 1.88. The zero-order chi connectivity index (χ0) is 14.0. The third-order valence-corrected chi connectivity index (χ3v) is 4.65. The minimum atomic E-state index is -0.771. The molecule has 0 radical (unpaired) electrons. The predicted octanol–water partition coefficient (Wildman–Crippen LogP) is 3.04. The van der Waals surface area contributed by atoms with Gasteiger partial charge in [0, 0.05) is 14.1 Å². The zero-order valence-electron chi connectivity index (χ0n) is 10.0. The Hall–Kier alpha value is -0.630. The molecule has 4 nitrogen and oxygen atoms in total. The molecule has 0 aromatic heterocycles. The Labute approximate surface area is 133 Å². The van der Waals surface area contributed by atoms with Gasteiger partial charge in [0.2, 0.25) is 0 Å². The van der Waals surface area contributed by atoms with Crippen LogP contribution in [0.25, 0.3) is 0 Å². The van der Waals surface area contributed by atoms with Crippen molar-refractivity contribution in [1.82, 2.24) is 5.32 Å². The Bertz CT molecular complexity index is 521. The van der Waals surface area contributed by atoms with Crippen LogP contribution in [0.15, 0.2) is 22.7 Å². The van der Waals surface area contributed by atoms with E-state index >= 15 is 0 Å². The Morgan fingerprint density at radius 1 is 1.37 bits per heavy atom. The number of nitrogens with one attached hydrogen (secondary N) is 1. The highest BCUT2D eigenvalue weighted by atomic mass is 127. The maximum absolute atomic E-state index is 12.2. The molecule has 2 atom stereocenters. The summed E-state index contributed by atoms with van der Waals surface area (Å²) in [4.78, 5) is 23.0. The largest absolute Gasteiger partial charge is 0.481 e. The number of rotatable bonds is 3. The van der Waals surface area contributed by atoms with E-state index in [0.29, 0.717) is 18.4 Å². The third-order valence-electron chi connectivity index (χ3n) is 3.29. The lowest BCUT2D eigenvalue weighted by atomic mass is 10.1. The minimum absolute atomic E-state index is 0.0432. The number of carboxylic acid groups (broad SMARTS) is 1. The Morgan fingerprint density at radius 2 is 2.11 bits per heavy atom. The van der Waals surface area contributed by atoms with Gasteiger partial charge in [-0.05, 0) is 76.0 Å². The molecule has 0 spiro atoms. The zero-order valence-corrected chi connectivity index (χ0v) is 13.8. The van der Waals surface area contributed by atoms with Crippen molar-refractivity contribution in [2.45, 2.75) is 25.3 Å². The molecule has 0 saturated heterocycles. The number of aliphatic carboxylic acids is 1. The standard InChI is InChI=1S/C13H13BrINO3/c14-11-4-2-8(15)6-10(11)12(17)16-9-3-1-7(5-9)13(18)19/h2,4,6-7,9H,1,3,5H2,(H,16,17)(H,18,19). The number of carbonyl (C=O) groups is 2. The van der Waals surface area contributed by atoms with Crippen molar-refractivity contribution in [1.29, 1.82) is 0 Å². The van der Waals surface area contributed by atoms with E-state index in [1.807, 2.05) is 18.2 Å². The summed E-state index contributed by atoms with van der Waals surface area (Å²) in [6.45, 7) is 0. The summed E-state index contributed by atoms with van der Waals surface area (Å²) in [5, 5.41) is 11.9. The van der Waals surface area contributed by atoms with Crippen molar-refractivity contribution in [2.75, 3.05) is 0 Å². The Morgan fingerprint density at radius 3 is 2.74 bits per heavy atom. The van der Waals surface area contributed by atoms with E-state index < -0.39 is 5.97 Å². The fourth-order valence-electron chi connectivity index (χ4n) is 2.27. The normalized spacial score (nSPS) is 22.2. The molecular weight excluding hydrogens is 425 g/mol. The molecule has 1 fully saturated rings. The lowest BCUT2D eigenvalue weighted by Crippen LogP contribution is -2.33. The van der Waals surface area contributed by atoms with Crippen molar-refractivity contribution in [3.05, 3.63) is 31.8 Å².